The number of aromatic nitrogens is 8. The van der Waals surface area contributed by atoms with E-state index in [2.05, 4.69) is 62.8 Å². The Bertz CT molecular complexity index is 3890. The number of hydrogen-bond acceptors (Lipinski definition) is 22. The quantitative estimate of drug-likeness (QED) is 0.0247. The average molecular weight is 1460 g/mol. The number of nitrogens with zero attached hydrogens (tertiary/aromatic N) is 8. The van der Waals surface area contributed by atoms with Crippen molar-refractivity contribution in [1.82, 2.24) is 64.4 Å². The molecule has 0 unspecified atom stereocenters. The van der Waals surface area contributed by atoms with Crippen molar-refractivity contribution in [2.75, 3.05) is 160 Å². The summed E-state index contributed by atoms with van der Waals surface area (Å²) in [7, 11) is 8.04. The fourth-order valence-corrected chi connectivity index (χ4v) is 9.55. The van der Waals surface area contributed by atoms with E-state index in [4.69, 9.17) is 47.4 Å². The van der Waals surface area contributed by atoms with Gasteiger partial charge in [0.1, 0.15) is 30.4 Å². The number of carbonyl (C=O) groups is 9. The Hall–Kier alpha value is -10.9. The molecule has 36 heteroatoms. The third-order valence-corrected chi connectivity index (χ3v) is 14.9. The molecule has 0 fully saturated rings. The minimum Gasteiger partial charge on any atom is -0.491 e. The molecule has 0 radical (unpaired) electrons. The molecule has 5 aromatic heterocycles. The number of rotatable bonds is 50. The summed E-state index contributed by atoms with van der Waals surface area (Å²) in [5.41, 5.74) is 2.90. The van der Waals surface area contributed by atoms with Gasteiger partial charge in [-0.15, -0.1) is 0 Å². The molecule has 0 aliphatic carbocycles. The fourth-order valence-electron chi connectivity index (χ4n) is 9.55. The highest BCUT2D eigenvalue weighted by Crippen LogP contribution is 2.18. The van der Waals surface area contributed by atoms with Crippen LogP contribution >= 0.6 is 0 Å². The summed E-state index contributed by atoms with van der Waals surface area (Å²) in [6.07, 6.45) is 8.34. The van der Waals surface area contributed by atoms with Crippen LogP contribution in [0.25, 0.3) is 0 Å². The maximum absolute atomic E-state index is 13.3. The van der Waals surface area contributed by atoms with E-state index >= 15 is 0 Å². The Morgan fingerprint density at radius 3 is 1.28 bits per heavy atom. The molecular weight excluding hydrogens is 1370 g/mol. The summed E-state index contributed by atoms with van der Waals surface area (Å²) in [6.45, 7) is 7.51. The van der Waals surface area contributed by atoms with Gasteiger partial charge in [0.25, 0.3) is 29.5 Å². The molecule has 9 amide bonds. The van der Waals surface area contributed by atoms with E-state index in [1.165, 1.54) is 55.2 Å². The molecule has 0 saturated carbocycles. The fraction of sp³-hybridized carbons (Fsp3) is 0.449. The molecule has 0 aliphatic rings. The highest BCUT2D eigenvalue weighted by molar-refractivity contribution is 6.05. The molecule has 0 atom stereocenters. The van der Waals surface area contributed by atoms with E-state index < -0.39 is 47.4 Å². The van der Waals surface area contributed by atoms with Crippen molar-refractivity contribution in [2.45, 2.75) is 32.4 Å². The van der Waals surface area contributed by atoms with Crippen molar-refractivity contribution in [1.29, 1.82) is 0 Å². The number of amides is 9. The maximum atomic E-state index is 13.3. The Morgan fingerprint density at radius 2 is 0.810 bits per heavy atom. The van der Waals surface area contributed by atoms with Crippen molar-refractivity contribution < 1.29 is 90.5 Å². The second-order valence-corrected chi connectivity index (χ2v) is 23.1. The van der Waals surface area contributed by atoms with E-state index in [1.807, 2.05) is 54.6 Å². The molecule has 0 bridgehead atoms. The van der Waals surface area contributed by atoms with Gasteiger partial charge in [-0.05, 0) is 35.4 Å². The smallest absolute Gasteiger partial charge is 0.407 e. The maximum Gasteiger partial charge on any atom is 0.407 e. The summed E-state index contributed by atoms with van der Waals surface area (Å²) in [4.78, 5) is 127. The lowest BCUT2D eigenvalue weighted by atomic mass is 10.2. The van der Waals surface area contributed by atoms with Crippen molar-refractivity contribution in [3.8, 4) is 5.75 Å². The first kappa shape index (κ1) is 81.4. The first-order valence-corrected chi connectivity index (χ1v) is 33.9. The van der Waals surface area contributed by atoms with Crippen LogP contribution in [0.1, 0.15) is 83.2 Å². The van der Waals surface area contributed by atoms with Gasteiger partial charge in [-0.1, -0.05) is 42.5 Å². The van der Waals surface area contributed by atoms with Crippen molar-refractivity contribution in [3.05, 3.63) is 144 Å². The van der Waals surface area contributed by atoms with Crippen LogP contribution in [0.3, 0.4) is 0 Å². The lowest BCUT2D eigenvalue weighted by molar-refractivity contribution is -0.121. The Morgan fingerprint density at radius 1 is 0.381 bits per heavy atom. The Balaban J connectivity index is 0.605. The summed E-state index contributed by atoms with van der Waals surface area (Å²) < 4.78 is 62.6. The van der Waals surface area contributed by atoms with Crippen LogP contribution in [0.15, 0.2) is 104 Å². The molecule has 36 nitrogen and oxygen atoms in total. The molecular formula is C69H93N17O19. The average Bonchev–Trinajstić information content (AvgIpc) is 1.71. The number of carbonyl (C=O) groups excluding carboxylic acids is 9. The molecule has 7 rings (SSSR count). The third kappa shape index (κ3) is 30.2. The van der Waals surface area contributed by atoms with Crippen LogP contribution in [0, 0.1) is 0 Å². The minimum absolute atomic E-state index is 0.00201. The number of anilines is 4. The molecule has 7 aromatic rings. The van der Waals surface area contributed by atoms with E-state index in [-0.39, 0.29) is 111 Å². The molecule has 5 heterocycles. The van der Waals surface area contributed by atoms with Gasteiger partial charge in [-0.3, -0.25) is 38.4 Å². The van der Waals surface area contributed by atoms with Crippen LogP contribution in [-0.2, 0) is 105 Å². The summed E-state index contributed by atoms with van der Waals surface area (Å²) in [6, 6.07) is 19.9. The van der Waals surface area contributed by atoms with Crippen LogP contribution in [-0.4, -0.2) is 230 Å². The molecule has 2 aromatic carbocycles. The Labute approximate surface area is 606 Å². The van der Waals surface area contributed by atoms with E-state index in [0.717, 1.165) is 11.1 Å². The standard InChI is InChI=1S/C69H93N17O19/c1-82-23-21-71-61(82)67(93)76-51-41-54(83(2)44-51)64(90)72-20-17-60(89)79-57-47-86(5)63(81-57)68(94)77-52-42-55(84(3)45-52)65(91)73-19-16-59(88)78-56-46-85(4)62(80-56)66(92)74-18-15-58(87)70-22-24-96-25-26-97-27-28-98-29-30-99-31-32-100-33-34-101-35-36-102-37-38-103-39-40-104-53-13-11-49(12-14-53)43-75-69(95)105-48-50-9-7-6-8-10-50/h6-14,21,23,41-42,44-47H,15-20,22,24-40,43,48H2,1-5H3,(H,70,87)(H,72,90)(H,73,91)(H,74,92)(H,75,95)(H,76,93)(H,77,94)(H,78,88)(H,79,89). The van der Waals surface area contributed by atoms with Gasteiger partial charge in [-0.2, -0.15) is 0 Å². The second kappa shape index (κ2) is 45.3. The number of aryl methyl sites for hydroxylation is 5. The first-order valence-electron chi connectivity index (χ1n) is 33.9. The third-order valence-electron chi connectivity index (χ3n) is 14.9. The highest BCUT2D eigenvalue weighted by Gasteiger charge is 2.22. The van der Waals surface area contributed by atoms with E-state index in [1.54, 1.807) is 52.2 Å². The predicted octanol–water partition coefficient (Wildman–Crippen LogP) is 2.46. The van der Waals surface area contributed by atoms with Gasteiger partial charge in [0.2, 0.25) is 29.4 Å². The van der Waals surface area contributed by atoms with Gasteiger partial charge in [-0.25, -0.2) is 19.7 Å². The molecule has 9 N–H and O–H groups in total. The molecule has 0 saturated heterocycles. The molecule has 0 aliphatic heterocycles. The van der Waals surface area contributed by atoms with Crippen molar-refractivity contribution in [3.63, 3.8) is 0 Å². The van der Waals surface area contributed by atoms with E-state index in [9.17, 15) is 43.2 Å². The summed E-state index contributed by atoms with van der Waals surface area (Å²) in [5.74, 6) is -2.93. The van der Waals surface area contributed by atoms with E-state index in [0.29, 0.717) is 124 Å². The molecule has 568 valence electrons. The van der Waals surface area contributed by atoms with Crippen molar-refractivity contribution in [2.24, 2.45) is 35.2 Å². The predicted molar refractivity (Wildman–Crippen MR) is 379 cm³/mol. The summed E-state index contributed by atoms with van der Waals surface area (Å²) >= 11 is 0. The number of hydrogen-bond donors (Lipinski definition) is 9. The Kier molecular flexibility index (Phi) is 35.1. The van der Waals surface area contributed by atoms with Crippen LogP contribution in [0.5, 0.6) is 5.75 Å². The van der Waals surface area contributed by atoms with Gasteiger partial charge in [0.05, 0.1) is 117 Å². The number of alkyl carbamates (subject to hydrolysis) is 1. The zero-order valence-corrected chi connectivity index (χ0v) is 59.5. The van der Waals surface area contributed by atoms with Crippen LogP contribution < -0.4 is 52.6 Å². The number of imidazole rings is 3. The van der Waals surface area contributed by atoms with Gasteiger partial charge in [0, 0.05) is 124 Å². The zero-order chi connectivity index (χ0) is 75.0. The number of ether oxygens (including phenoxy) is 10. The SMILES string of the molecule is Cn1cc(NC(=O)c2nc(NC(=O)CCNC(=O)c3cc(NC(=O)c4nccn4C)cn3C)cn2C)cc1C(=O)NCCC(=O)Nc1cn(C)c(C(=O)NCCC(=O)NCCOCCOCCOCCOCCOCCOCCOCCOCCOc2ccc(CNC(=O)OCc3ccccc3)cc2)n1. The van der Waals surface area contributed by atoms with Gasteiger partial charge >= 0.3 is 6.09 Å². The van der Waals surface area contributed by atoms with Gasteiger partial charge < -0.3 is 118 Å². The highest BCUT2D eigenvalue weighted by atomic mass is 16.6. The lowest BCUT2D eigenvalue weighted by Crippen LogP contribution is -2.33. The summed E-state index contributed by atoms with van der Waals surface area (Å²) in [5, 5.41) is 24.0. The van der Waals surface area contributed by atoms with Crippen LogP contribution in [0.2, 0.25) is 0 Å². The lowest BCUT2D eigenvalue weighted by Gasteiger charge is -2.10. The largest absolute Gasteiger partial charge is 0.491 e. The minimum atomic E-state index is -0.639. The first-order chi connectivity index (χ1) is 50.9. The van der Waals surface area contributed by atoms with Crippen LogP contribution in [0.4, 0.5) is 27.8 Å². The molecule has 0 spiro atoms. The number of benzene rings is 2. The molecule has 105 heavy (non-hydrogen) atoms. The number of nitrogens with one attached hydrogen (secondary N) is 9. The topological polar surface area (TPSA) is 418 Å². The normalized spacial score (nSPS) is 11.0. The second-order valence-electron chi connectivity index (χ2n) is 23.1. The monoisotopic (exact) mass is 1460 g/mol. The zero-order valence-electron chi connectivity index (χ0n) is 59.5. The van der Waals surface area contributed by atoms with Crippen molar-refractivity contribution >= 4 is 76.4 Å². The van der Waals surface area contributed by atoms with Gasteiger partial charge in [0.15, 0.2) is 17.5 Å².